The molecule has 3 rings (SSSR count). The Morgan fingerprint density at radius 1 is 1.08 bits per heavy atom. The van der Waals surface area contributed by atoms with E-state index in [1.807, 2.05) is 36.4 Å². The lowest BCUT2D eigenvalue weighted by atomic mass is 9.88. The first-order valence-electron chi connectivity index (χ1n) is 8.79. The molecule has 0 fully saturated rings. The maximum absolute atomic E-state index is 12.2. The van der Waals surface area contributed by atoms with Gasteiger partial charge in [0.15, 0.2) is 9.84 Å². The Hall–Kier alpha value is -2.34. The van der Waals surface area contributed by atoms with E-state index >= 15 is 0 Å². The van der Waals surface area contributed by atoms with Crippen molar-refractivity contribution in [2.75, 3.05) is 18.1 Å². The highest BCUT2D eigenvalue weighted by Crippen LogP contribution is 2.29. The van der Waals surface area contributed by atoms with Crippen LogP contribution in [0.15, 0.2) is 54.6 Å². The fourth-order valence-corrected chi connectivity index (χ4v) is 4.18. The van der Waals surface area contributed by atoms with Crippen molar-refractivity contribution in [3.8, 4) is 5.75 Å². The molecule has 1 aliphatic carbocycles. The number of rotatable bonds is 7. The second-order valence-corrected chi connectivity index (χ2v) is 8.65. The Balaban J connectivity index is 1.51. The summed E-state index contributed by atoms with van der Waals surface area (Å²) < 4.78 is 29.8. The third-order valence-electron chi connectivity index (χ3n) is 4.46. The Kier molecular flexibility index (Phi) is 5.93. The highest BCUT2D eigenvalue weighted by Gasteiger charge is 2.24. The van der Waals surface area contributed by atoms with Crippen LogP contribution in [0.4, 0.5) is 0 Å². The minimum atomic E-state index is -3.52. The van der Waals surface area contributed by atoms with Gasteiger partial charge in [-0.2, -0.15) is 0 Å². The summed E-state index contributed by atoms with van der Waals surface area (Å²) in [6.07, 6.45) is 2.82. The zero-order chi connectivity index (χ0) is 18.4. The van der Waals surface area contributed by atoms with E-state index in [4.69, 9.17) is 4.74 Å². The molecule has 0 unspecified atom stereocenters. The first-order valence-corrected chi connectivity index (χ1v) is 10.6. The quantitative estimate of drug-likeness (QED) is 0.810. The molecule has 2 aromatic carbocycles. The third kappa shape index (κ3) is 5.08. The lowest BCUT2D eigenvalue weighted by molar-refractivity contribution is -0.119. The van der Waals surface area contributed by atoms with Crippen LogP contribution in [-0.4, -0.2) is 32.4 Å². The number of para-hydroxylation sites is 1. The summed E-state index contributed by atoms with van der Waals surface area (Å²) in [5, 5.41) is 2.88. The largest absolute Gasteiger partial charge is 0.493 e. The number of ether oxygens (including phenoxy) is 1. The first-order chi connectivity index (χ1) is 12.5. The standard InChI is InChI=1S/C20H23NO4S/c22-20(21-19-12-6-8-16-7-4-5-11-18(16)19)15-26(23,24)14-13-25-17-9-2-1-3-10-17/h1-5,7,9-11,19H,6,8,12-15H2,(H,21,22)/t19-/m0/s1. The molecule has 5 nitrogen and oxygen atoms in total. The minimum Gasteiger partial charge on any atom is -0.493 e. The van der Waals surface area contributed by atoms with Gasteiger partial charge in [0, 0.05) is 0 Å². The van der Waals surface area contributed by atoms with Gasteiger partial charge < -0.3 is 10.1 Å². The van der Waals surface area contributed by atoms with Gasteiger partial charge in [0.2, 0.25) is 5.91 Å². The molecule has 0 saturated heterocycles. The summed E-state index contributed by atoms with van der Waals surface area (Å²) in [6, 6.07) is 16.9. The van der Waals surface area contributed by atoms with Crippen molar-refractivity contribution in [2.24, 2.45) is 0 Å². The van der Waals surface area contributed by atoms with E-state index in [0.717, 1.165) is 24.8 Å². The van der Waals surface area contributed by atoms with Crippen LogP contribution >= 0.6 is 0 Å². The van der Waals surface area contributed by atoms with E-state index in [2.05, 4.69) is 11.4 Å². The molecule has 1 aliphatic rings. The predicted octanol–water partition coefficient (Wildman–Crippen LogP) is 2.67. The maximum Gasteiger partial charge on any atom is 0.235 e. The SMILES string of the molecule is O=C(CS(=O)(=O)CCOc1ccccc1)N[C@H]1CCCc2ccccc21. The van der Waals surface area contributed by atoms with Gasteiger partial charge in [-0.15, -0.1) is 0 Å². The molecule has 138 valence electrons. The number of hydrogen-bond acceptors (Lipinski definition) is 4. The average Bonchev–Trinajstić information content (AvgIpc) is 2.62. The van der Waals surface area contributed by atoms with E-state index in [0.29, 0.717) is 5.75 Å². The van der Waals surface area contributed by atoms with Crippen molar-refractivity contribution in [1.29, 1.82) is 0 Å². The molecule has 26 heavy (non-hydrogen) atoms. The van der Waals surface area contributed by atoms with Crippen LogP contribution in [0.1, 0.15) is 30.0 Å². The summed E-state index contributed by atoms with van der Waals surface area (Å²) >= 11 is 0. The monoisotopic (exact) mass is 373 g/mol. The summed E-state index contributed by atoms with van der Waals surface area (Å²) in [5.74, 6) is -0.530. The molecule has 0 spiro atoms. The second-order valence-electron chi connectivity index (χ2n) is 6.46. The smallest absolute Gasteiger partial charge is 0.235 e. The molecule has 0 heterocycles. The van der Waals surface area contributed by atoms with Crippen LogP contribution in [0, 0.1) is 0 Å². The van der Waals surface area contributed by atoms with Gasteiger partial charge >= 0.3 is 0 Å². The van der Waals surface area contributed by atoms with Crippen molar-refractivity contribution in [3.05, 3.63) is 65.7 Å². The molecule has 0 bridgehead atoms. The summed E-state index contributed by atoms with van der Waals surface area (Å²) in [5.41, 5.74) is 2.32. The van der Waals surface area contributed by atoms with Crippen molar-refractivity contribution in [1.82, 2.24) is 5.32 Å². The fourth-order valence-electron chi connectivity index (χ4n) is 3.21. The molecular formula is C20H23NO4S. The molecule has 2 aromatic rings. The van der Waals surface area contributed by atoms with Crippen LogP contribution < -0.4 is 10.1 Å². The van der Waals surface area contributed by atoms with Crippen molar-refractivity contribution in [2.45, 2.75) is 25.3 Å². The Morgan fingerprint density at radius 3 is 2.62 bits per heavy atom. The zero-order valence-corrected chi connectivity index (χ0v) is 15.4. The molecule has 0 aliphatic heterocycles. The number of fused-ring (bicyclic) bond motifs is 1. The van der Waals surface area contributed by atoms with Crippen LogP contribution in [0.2, 0.25) is 0 Å². The van der Waals surface area contributed by atoms with Gasteiger partial charge in [-0.1, -0.05) is 42.5 Å². The summed E-state index contributed by atoms with van der Waals surface area (Å²) in [6.45, 7) is 0.0336. The van der Waals surface area contributed by atoms with Gasteiger partial charge in [0.1, 0.15) is 18.1 Å². The second kappa shape index (κ2) is 8.36. The van der Waals surface area contributed by atoms with Crippen LogP contribution in [0.5, 0.6) is 5.75 Å². The molecule has 0 aromatic heterocycles. The van der Waals surface area contributed by atoms with Gasteiger partial charge in [-0.3, -0.25) is 4.79 Å². The normalized spacial score (nSPS) is 16.5. The molecule has 1 amide bonds. The van der Waals surface area contributed by atoms with Crippen LogP contribution in [0.3, 0.4) is 0 Å². The molecule has 1 N–H and O–H groups in total. The lowest BCUT2D eigenvalue weighted by Crippen LogP contribution is -2.36. The number of sulfone groups is 1. The van der Waals surface area contributed by atoms with Gasteiger partial charge in [0.05, 0.1) is 11.8 Å². The highest BCUT2D eigenvalue weighted by atomic mass is 32.2. The number of amides is 1. The van der Waals surface area contributed by atoms with Crippen molar-refractivity contribution >= 4 is 15.7 Å². The van der Waals surface area contributed by atoms with E-state index < -0.39 is 21.5 Å². The average molecular weight is 373 g/mol. The fraction of sp³-hybridized carbons (Fsp3) is 0.350. The van der Waals surface area contributed by atoms with Crippen molar-refractivity contribution < 1.29 is 17.9 Å². The zero-order valence-electron chi connectivity index (χ0n) is 14.6. The van der Waals surface area contributed by atoms with Gasteiger partial charge in [-0.05, 0) is 42.5 Å². The molecule has 1 atom stereocenters. The molecular weight excluding hydrogens is 350 g/mol. The topological polar surface area (TPSA) is 72.5 Å². The predicted molar refractivity (Wildman–Crippen MR) is 101 cm³/mol. The third-order valence-corrected chi connectivity index (χ3v) is 5.95. The van der Waals surface area contributed by atoms with E-state index in [1.165, 1.54) is 5.56 Å². The van der Waals surface area contributed by atoms with E-state index in [1.54, 1.807) is 12.1 Å². The number of carbonyl (C=O) groups excluding carboxylic acids is 1. The van der Waals surface area contributed by atoms with Gasteiger partial charge in [-0.25, -0.2) is 8.42 Å². The minimum absolute atomic E-state index is 0.0336. The number of aryl methyl sites for hydroxylation is 1. The lowest BCUT2D eigenvalue weighted by Gasteiger charge is -2.26. The molecule has 0 radical (unpaired) electrons. The van der Waals surface area contributed by atoms with Crippen molar-refractivity contribution in [3.63, 3.8) is 0 Å². The summed E-state index contributed by atoms with van der Waals surface area (Å²) in [7, 11) is -3.52. The first kappa shape index (κ1) is 18.5. The molecule has 6 heteroatoms. The number of nitrogens with one attached hydrogen (secondary N) is 1. The highest BCUT2D eigenvalue weighted by molar-refractivity contribution is 7.92. The summed E-state index contributed by atoms with van der Waals surface area (Å²) in [4.78, 5) is 12.2. The number of carbonyl (C=O) groups is 1. The maximum atomic E-state index is 12.2. The van der Waals surface area contributed by atoms with E-state index in [9.17, 15) is 13.2 Å². The van der Waals surface area contributed by atoms with E-state index in [-0.39, 0.29) is 18.4 Å². The van der Waals surface area contributed by atoms with Crippen LogP contribution in [0.25, 0.3) is 0 Å². The number of hydrogen-bond donors (Lipinski definition) is 1. The number of benzene rings is 2. The Bertz CT molecular complexity index is 849. The van der Waals surface area contributed by atoms with Gasteiger partial charge in [0.25, 0.3) is 0 Å². The Labute approximate surface area is 154 Å². The Morgan fingerprint density at radius 2 is 1.81 bits per heavy atom. The van der Waals surface area contributed by atoms with Crippen LogP contribution in [-0.2, 0) is 21.1 Å². The molecule has 0 saturated carbocycles.